The Morgan fingerprint density at radius 1 is 1.40 bits per heavy atom. The molecule has 0 saturated heterocycles. The molecule has 1 aromatic carbocycles. The predicted molar refractivity (Wildman–Crippen MR) is 71.3 cm³/mol. The van der Waals surface area contributed by atoms with Gasteiger partial charge in [0.1, 0.15) is 5.82 Å². The molecule has 0 unspecified atom stereocenters. The van der Waals surface area contributed by atoms with Gasteiger partial charge in [-0.15, -0.1) is 0 Å². The van der Waals surface area contributed by atoms with Crippen LogP contribution in [0.25, 0.3) is 0 Å². The van der Waals surface area contributed by atoms with Crippen molar-refractivity contribution >= 4 is 5.91 Å². The van der Waals surface area contributed by atoms with E-state index in [1.165, 1.54) is 24.3 Å². The number of amides is 1. The highest BCUT2D eigenvalue weighted by Crippen LogP contribution is 2.13. The number of benzene rings is 1. The summed E-state index contributed by atoms with van der Waals surface area (Å²) in [6.45, 7) is 0.399. The van der Waals surface area contributed by atoms with Gasteiger partial charge in [-0.1, -0.05) is 12.1 Å². The van der Waals surface area contributed by atoms with E-state index in [1.54, 1.807) is 10.9 Å². The number of carbonyl (C=O) groups is 1. The topological polar surface area (TPSA) is 67.2 Å². The zero-order valence-corrected chi connectivity index (χ0v) is 11.1. The first kappa shape index (κ1) is 14.2. The van der Waals surface area contributed by atoms with E-state index in [9.17, 15) is 14.3 Å². The molecule has 1 atom stereocenters. The van der Waals surface area contributed by atoms with Gasteiger partial charge < -0.3 is 10.4 Å². The van der Waals surface area contributed by atoms with Gasteiger partial charge in [0.05, 0.1) is 0 Å². The fourth-order valence-corrected chi connectivity index (χ4v) is 1.85. The Morgan fingerprint density at radius 3 is 2.70 bits per heavy atom. The van der Waals surface area contributed by atoms with Crippen LogP contribution in [-0.4, -0.2) is 27.3 Å². The maximum atomic E-state index is 12.8. The maximum Gasteiger partial charge on any atom is 0.253 e. The van der Waals surface area contributed by atoms with E-state index in [4.69, 9.17) is 0 Å². The van der Waals surface area contributed by atoms with Gasteiger partial charge in [-0.05, 0) is 23.8 Å². The molecule has 106 valence electrons. The SMILES string of the molecule is Cn1nccc1CCNC(=O)[C@H](O)c1ccc(F)cc1. The number of hydrogen-bond donors (Lipinski definition) is 2. The van der Waals surface area contributed by atoms with E-state index in [2.05, 4.69) is 10.4 Å². The molecule has 1 heterocycles. The summed E-state index contributed by atoms with van der Waals surface area (Å²) >= 11 is 0. The molecule has 0 saturated carbocycles. The standard InChI is InChI=1S/C14H16FN3O2/c1-18-12(7-9-17-18)6-8-16-14(20)13(19)10-2-4-11(15)5-3-10/h2-5,7,9,13,19H,6,8H2,1H3,(H,16,20)/t13-/m1/s1. The van der Waals surface area contributed by atoms with E-state index in [-0.39, 0.29) is 0 Å². The fourth-order valence-electron chi connectivity index (χ4n) is 1.85. The second kappa shape index (κ2) is 6.29. The van der Waals surface area contributed by atoms with Crippen LogP contribution in [0, 0.1) is 5.82 Å². The lowest BCUT2D eigenvalue weighted by molar-refractivity contribution is -0.129. The van der Waals surface area contributed by atoms with Crippen LogP contribution in [0.3, 0.4) is 0 Å². The summed E-state index contributed by atoms with van der Waals surface area (Å²) in [6, 6.07) is 7.06. The zero-order valence-electron chi connectivity index (χ0n) is 11.1. The fraction of sp³-hybridized carbons (Fsp3) is 0.286. The summed E-state index contributed by atoms with van der Waals surface area (Å²) in [7, 11) is 1.82. The van der Waals surface area contributed by atoms with Gasteiger partial charge in [-0.2, -0.15) is 5.10 Å². The molecule has 0 radical (unpaired) electrons. The number of aliphatic hydroxyl groups excluding tert-OH is 1. The predicted octanol–water partition coefficient (Wildman–Crippen LogP) is 0.951. The lowest BCUT2D eigenvalue weighted by Gasteiger charge is -2.11. The number of hydrogen-bond acceptors (Lipinski definition) is 3. The molecule has 0 aliphatic carbocycles. The number of halogens is 1. The normalized spacial score (nSPS) is 12.2. The van der Waals surface area contributed by atoms with Crippen molar-refractivity contribution in [3.63, 3.8) is 0 Å². The van der Waals surface area contributed by atoms with Gasteiger partial charge in [0.2, 0.25) is 0 Å². The molecule has 5 nitrogen and oxygen atoms in total. The van der Waals surface area contributed by atoms with Crippen LogP contribution < -0.4 is 5.32 Å². The zero-order chi connectivity index (χ0) is 14.5. The molecule has 2 aromatic rings. The third-order valence-electron chi connectivity index (χ3n) is 3.04. The van der Waals surface area contributed by atoms with Crippen molar-refractivity contribution in [2.75, 3.05) is 6.54 Å². The Morgan fingerprint density at radius 2 is 2.10 bits per heavy atom. The van der Waals surface area contributed by atoms with Crippen molar-refractivity contribution in [1.82, 2.24) is 15.1 Å². The summed E-state index contributed by atoms with van der Waals surface area (Å²) in [4.78, 5) is 11.8. The molecule has 0 aliphatic heterocycles. The molecule has 2 rings (SSSR count). The van der Waals surface area contributed by atoms with Crippen LogP contribution in [0.2, 0.25) is 0 Å². The van der Waals surface area contributed by atoms with E-state index < -0.39 is 17.8 Å². The highest BCUT2D eigenvalue weighted by Gasteiger charge is 2.16. The van der Waals surface area contributed by atoms with Gasteiger partial charge in [0, 0.05) is 31.9 Å². The lowest BCUT2D eigenvalue weighted by Crippen LogP contribution is -2.31. The van der Waals surface area contributed by atoms with Crippen molar-refractivity contribution in [1.29, 1.82) is 0 Å². The quantitative estimate of drug-likeness (QED) is 0.855. The number of aliphatic hydroxyl groups is 1. The summed E-state index contributed by atoms with van der Waals surface area (Å²) in [5.41, 5.74) is 1.35. The Hall–Kier alpha value is -2.21. The number of aromatic nitrogens is 2. The molecular formula is C14H16FN3O2. The highest BCUT2D eigenvalue weighted by molar-refractivity contribution is 5.81. The van der Waals surface area contributed by atoms with Crippen LogP contribution in [0.5, 0.6) is 0 Å². The first-order valence-corrected chi connectivity index (χ1v) is 6.26. The Labute approximate surface area is 116 Å². The lowest BCUT2D eigenvalue weighted by atomic mass is 10.1. The van der Waals surface area contributed by atoms with Crippen LogP contribution in [-0.2, 0) is 18.3 Å². The van der Waals surface area contributed by atoms with Gasteiger partial charge in [0.15, 0.2) is 6.10 Å². The Bertz CT molecular complexity index is 580. The van der Waals surface area contributed by atoms with Crippen molar-refractivity contribution in [2.45, 2.75) is 12.5 Å². The molecule has 20 heavy (non-hydrogen) atoms. The third kappa shape index (κ3) is 3.42. The molecular weight excluding hydrogens is 261 g/mol. The molecule has 0 aliphatic rings. The highest BCUT2D eigenvalue weighted by atomic mass is 19.1. The average Bonchev–Trinajstić information content (AvgIpc) is 2.84. The van der Waals surface area contributed by atoms with E-state index in [0.717, 1.165) is 5.69 Å². The van der Waals surface area contributed by atoms with Crippen LogP contribution >= 0.6 is 0 Å². The second-order valence-electron chi connectivity index (χ2n) is 4.44. The van der Waals surface area contributed by atoms with Crippen molar-refractivity contribution in [3.05, 3.63) is 53.6 Å². The number of aryl methyl sites for hydroxylation is 1. The smallest absolute Gasteiger partial charge is 0.253 e. The monoisotopic (exact) mass is 277 g/mol. The number of nitrogens with zero attached hydrogens (tertiary/aromatic N) is 2. The minimum Gasteiger partial charge on any atom is -0.378 e. The molecule has 1 amide bonds. The second-order valence-corrected chi connectivity index (χ2v) is 4.44. The average molecular weight is 277 g/mol. The molecule has 0 bridgehead atoms. The molecule has 6 heteroatoms. The van der Waals surface area contributed by atoms with Gasteiger partial charge in [-0.3, -0.25) is 9.48 Å². The first-order valence-electron chi connectivity index (χ1n) is 6.26. The van der Waals surface area contributed by atoms with Gasteiger partial charge in [-0.25, -0.2) is 4.39 Å². The molecule has 2 N–H and O–H groups in total. The number of rotatable bonds is 5. The van der Waals surface area contributed by atoms with Gasteiger partial charge in [0.25, 0.3) is 5.91 Å². The summed E-state index contributed by atoms with van der Waals surface area (Å²) < 4.78 is 14.5. The summed E-state index contributed by atoms with van der Waals surface area (Å²) in [5.74, 6) is -0.906. The minimum atomic E-state index is -1.29. The molecule has 1 aromatic heterocycles. The Kier molecular flexibility index (Phi) is 4.47. The minimum absolute atomic E-state index is 0.365. The van der Waals surface area contributed by atoms with E-state index in [1.807, 2.05) is 13.1 Å². The van der Waals surface area contributed by atoms with Crippen molar-refractivity contribution < 1.29 is 14.3 Å². The summed E-state index contributed by atoms with van der Waals surface area (Å²) in [5, 5.41) is 16.5. The number of nitrogens with one attached hydrogen (secondary N) is 1. The molecule has 0 spiro atoms. The van der Waals surface area contributed by atoms with Crippen molar-refractivity contribution in [2.24, 2.45) is 7.05 Å². The van der Waals surface area contributed by atoms with Gasteiger partial charge >= 0.3 is 0 Å². The Balaban J connectivity index is 1.85. The van der Waals surface area contributed by atoms with Crippen LogP contribution in [0.15, 0.2) is 36.5 Å². The molecule has 0 fully saturated rings. The van der Waals surface area contributed by atoms with E-state index in [0.29, 0.717) is 18.5 Å². The first-order chi connectivity index (χ1) is 9.58. The van der Waals surface area contributed by atoms with Crippen molar-refractivity contribution in [3.8, 4) is 0 Å². The van der Waals surface area contributed by atoms with E-state index >= 15 is 0 Å². The summed E-state index contributed by atoms with van der Waals surface area (Å²) in [6.07, 6.45) is 1.02. The maximum absolute atomic E-state index is 12.8. The number of carbonyl (C=O) groups excluding carboxylic acids is 1. The third-order valence-corrected chi connectivity index (χ3v) is 3.04. The largest absolute Gasteiger partial charge is 0.378 e. The van der Waals surface area contributed by atoms with Crippen LogP contribution in [0.4, 0.5) is 4.39 Å². The van der Waals surface area contributed by atoms with Crippen LogP contribution in [0.1, 0.15) is 17.4 Å².